The Bertz CT molecular complexity index is 459. The SMILES string of the molecule is CC(C(=O)O)n1nnnc1CC1CC2CCC1C2. The number of fused-ring (bicyclic) bond motifs is 2. The monoisotopic (exact) mass is 250 g/mol. The Hall–Kier alpha value is -1.46. The zero-order chi connectivity index (χ0) is 12.7. The van der Waals surface area contributed by atoms with Gasteiger partial charge in [-0.2, -0.15) is 0 Å². The van der Waals surface area contributed by atoms with Crippen molar-refractivity contribution in [2.75, 3.05) is 0 Å². The fourth-order valence-corrected chi connectivity index (χ4v) is 3.61. The highest BCUT2D eigenvalue weighted by molar-refractivity contribution is 5.71. The van der Waals surface area contributed by atoms with Crippen LogP contribution in [0.5, 0.6) is 0 Å². The number of tetrazole rings is 1. The summed E-state index contributed by atoms with van der Waals surface area (Å²) in [6.45, 7) is 1.61. The van der Waals surface area contributed by atoms with Crippen LogP contribution >= 0.6 is 0 Å². The molecule has 4 unspecified atom stereocenters. The second-order valence-corrected chi connectivity index (χ2v) is 5.69. The molecule has 0 amide bonds. The summed E-state index contributed by atoms with van der Waals surface area (Å²) in [6.07, 6.45) is 6.13. The molecule has 18 heavy (non-hydrogen) atoms. The van der Waals surface area contributed by atoms with Crippen LogP contribution in [0.15, 0.2) is 0 Å². The van der Waals surface area contributed by atoms with Gasteiger partial charge in [-0.05, 0) is 54.4 Å². The van der Waals surface area contributed by atoms with E-state index in [4.69, 9.17) is 5.11 Å². The first-order chi connectivity index (χ1) is 8.65. The lowest BCUT2D eigenvalue weighted by molar-refractivity contribution is -0.140. The average molecular weight is 250 g/mol. The van der Waals surface area contributed by atoms with Crippen LogP contribution in [-0.4, -0.2) is 31.3 Å². The Labute approximate surface area is 105 Å². The fraction of sp³-hybridized carbons (Fsp3) is 0.833. The molecule has 0 aliphatic heterocycles. The summed E-state index contributed by atoms with van der Waals surface area (Å²) in [6, 6.07) is -0.686. The van der Waals surface area contributed by atoms with E-state index in [1.165, 1.54) is 30.4 Å². The van der Waals surface area contributed by atoms with Crippen LogP contribution in [0.4, 0.5) is 0 Å². The maximum Gasteiger partial charge on any atom is 0.328 e. The van der Waals surface area contributed by atoms with Crippen molar-refractivity contribution in [3.8, 4) is 0 Å². The maximum absolute atomic E-state index is 11.0. The Morgan fingerprint density at radius 2 is 2.33 bits per heavy atom. The predicted molar refractivity (Wildman–Crippen MR) is 62.8 cm³/mol. The number of rotatable bonds is 4. The molecule has 2 bridgehead atoms. The molecule has 2 aliphatic rings. The molecule has 1 aromatic rings. The molecule has 0 saturated heterocycles. The van der Waals surface area contributed by atoms with E-state index in [1.807, 2.05) is 0 Å². The lowest BCUT2D eigenvalue weighted by Crippen LogP contribution is -2.22. The summed E-state index contributed by atoms with van der Waals surface area (Å²) in [5.74, 6) is 2.18. The molecule has 6 nitrogen and oxygen atoms in total. The topological polar surface area (TPSA) is 80.9 Å². The lowest BCUT2D eigenvalue weighted by Gasteiger charge is -2.21. The molecular weight excluding hydrogens is 232 g/mol. The molecule has 4 atom stereocenters. The van der Waals surface area contributed by atoms with Crippen LogP contribution in [0.2, 0.25) is 0 Å². The van der Waals surface area contributed by atoms with Gasteiger partial charge in [0.2, 0.25) is 0 Å². The van der Waals surface area contributed by atoms with Gasteiger partial charge in [0, 0.05) is 6.42 Å². The number of aromatic nitrogens is 4. The number of carboxylic acids is 1. The third-order valence-corrected chi connectivity index (χ3v) is 4.61. The van der Waals surface area contributed by atoms with E-state index in [2.05, 4.69) is 15.5 Å². The molecule has 1 aromatic heterocycles. The minimum Gasteiger partial charge on any atom is -0.480 e. The van der Waals surface area contributed by atoms with Crippen molar-refractivity contribution >= 4 is 5.97 Å². The number of hydrogen-bond donors (Lipinski definition) is 1. The molecular formula is C12H18N4O2. The fourth-order valence-electron chi connectivity index (χ4n) is 3.61. The molecule has 0 radical (unpaired) electrons. The van der Waals surface area contributed by atoms with E-state index in [-0.39, 0.29) is 0 Å². The summed E-state index contributed by atoms with van der Waals surface area (Å²) in [4.78, 5) is 11.0. The number of carbonyl (C=O) groups is 1. The van der Waals surface area contributed by atoms with Gasteiger partial charge in [0.1, 0.15) is 6.04 Å². The van der Waals surface area contributed by atoms with Crippen molar-refractivity contribution in [3.05, 3.63) is 5.82 Å². The van der Waals surface area contributed by atoms with Gasteiger partial charge in [0.15, 0.2) is 5.82 Å². The molecule has 6 heteroatoms. The third-order valence-electron chi connectivity index (χ3n) is 4.61. The minimum absolute atomic E-state index is 0.648. The first kappa shape index (κ1) is 11.6. The zero-order valence-corrected chi connectivity index (χ0v) is 10.5. The molecule has 1 N–H and O–H groups in total. The highest BCUT2D eigenvalue weighted by Crippen LogP contribution is 2.49. The van der Waals surface area contributed by atoms with Crippen molar-refractivity contribution in [1.29, 1.82) is 0 Å². The molecule has 1 heterocycles. The second kappa shape index (κ2) is 4.33. The van der Waals surface area contributed by atoms with Crippen LogP contribution in [0.25, 0.3) is 0 Å². The molecule has 0 spiro atoms. The summed E-state index contributed by atoms with van der Waals surface area (Å²) in [7, 11) is 0. The molecule has 3 rings (SSSR count). The summed E-state index contributed by atoms with van der Waals surface area (Å²) < 4.78 is 1.45. The maximum atomic E-state index is 11.0. The number of aliphatic carboxylic acids is 1. The van der Waals surface area contributed by atoms with Gasteiger partial charge in [0.25, 0.3) is 0 Å². The van der Waals surface area contributed by atoms with Crippen LogP contribution in [-0.2, 0) is 11.2 Å². The molecule has 2 saturated carbocycles. The second-order valence-electron chi connectivity index (χ2n) is 5.69. The minimum atomic E-state index is -0.892. The summed E-state index contributed by atoms with van der Waals surface area (Å²) in [5.41, 5.74) is 0. The van der Waals surface area contributed by atoms with Crippen molar-refractivity contribution in [2.45, 2.75) is 45.1 Å². The van der Waals surface area contributed by atoms with E-state index < -0.39 is 12.0 Å². The van der Waals surface area contributed by atoms with E-state index in [9.17, 15) is 4.79 Å². The smallest absolute Gasteiger partial charge is 0.328 e. The highest BCUT2D eigenvalue weighted by atomic mass is 16.4. The molecule has 0 aromatic carbocycles. The Balaban J connectivity index is 1.73. The van der Waals surface area contributed by atoms with Gasteiger partial charge in [-0.1, -0.05) is 6.42 Å². The molecule has 2 aliphatic carbocycles. The largest absolute Gasteiger partial charge is 0.480 e. The van der Waals surface area contributed by atoms with Crippen molar-refractivity contribution in [2.24, 2.45) is 17.8 Å². The Kier molecular flexibility index (Phi) is 2.80. The van der Waals surface area contributed by atoms with Crippen molar-refractivity contribution < 1.29 is 9.90 Å². The number of hydrogen-bond acceptors (Lipinski definition) is 4. The van der Waals surface area contributed by atoms with Crippen LogP contribution in [0.1, 0.15) is 44.5 Å². The van der Waals surface area contributed by atoms with E-state index in [0.717, 1.165) is 24.1 Å². The predicted octanol–water partition coefficient (Wildman–Crippen LogP) is 1.30. The molecule has 98 valence electrons. The zero-order valence-electron chi connectivity index (χ0n) is 10.5. The van der Waals surface area contributed by atoms with Crippen LogP contribution in [0, 0.1) is 17.8 Å². The van der Waals surface area contributed by atoms with Gasteiger partial charge in [0.05, 0.1) is 0 Å². The quantitative estimate of drug-likeness (QED) is 0.871. The van der Waals surface area contributed by atoms with Crippen LogP contribution in [0.3, 0.4) is 0 Å². The van der Waals surface area contributed by atoms with Gasteiger partial charge < -0.3 is 5.11 Å². The summed E-state index contributed by atoms with van der Waals surface area (Å²) >= 11 is 0. The molecule has 2 fully saturated rings. The lowest BCUT2D eigenvalue weighted by atomic mass is 9.86. The average Bonchev–Trinajstić information content (AvgIpc) is 3.03. The van der Waals surface area contributed by atoms with Crippen LogP contribution < -0.4 is 0 Å². The normalized spacial score (nSPS) is 31.7. The van der Waals surface area contributed by atoms with Crippen molar-refractivity contribution in [3.63, 3.8) is 0 Å². The Morgan fingerprint density at radius 3 is 2.94 bits per heavy atom. The number of nitrogens with zero attached hydrogens (tertiary/aromatic N) is 4. The van der Waals surface area contributed by atoms with E-state index in [1.54, 1.807) is 6.92 Å². The van der Waals surface area contributed by atoms with Crippen molar-refractivity contribution in [1.82, 2.24) is 20.2 Å². The van der Waals surface area contributed by atoms with Gasteiger partial charge in [-0.3, -0.25) is 0 Å². The van der Waals surface area contributed by atoms with Gasteiger partial charge >= 0.3 is 5.97 Å². The Morgan fingerprint density at radius 1 is 1.50 bits per heavy atom. The first-order valence-electron chi connectivity index (χ1n) is 6.64. The van der Waals surface area contributed by atoms with Gasteiger partial charge in [-0.15, -0.1) is 5.10 Å². The van der Waals surface area contributed by atoms with E-state index in [0.29, 0.717) is 5.92 Å². The standard InChI is InChI=1S/C12H18N4O2/c1-7(12(17)18)16-11(13-14-15-16)6-10-5-8-2-3-9(10)4-8/h7-10H,2-6H2,1H3,(H,17,18). The highest BCUT2D eigenvalue weighted by Gasteiger charge is 2.40. The first-order valence-corrected chi connectivity index (χ1v) is 6.64. The number of carboxylic acid groups (broad SMARTS) is 1. The van der Waals surface area contributed by atoms with Gasteiger partial charge in [-0.25, -0.2) is 9.48 Å². The third kappa shape index (κ3) is 1.89. The summed E-state index contributed by atoms with van der Waals surface area (Å²) in [5, 5.41) is 20.5. The van der Waals surface area contributed by atoms with E-state index >= 15 is 0 Å².